The van der Waals surface area contributed by atoms with E-state index in [-0.39, 0.29) is 28.7 Å². The summed E-state index contributed by atoms with van der Waals surface area (Å²) < 4.78 is 24.4. The molecule has 0 aromatic heterocycles. The van der Waals surface area contributed by atoms with Crippen LogP contribution in [0.15, 0.2) is 29.3 Å². The highest BCUT2D eigenvalue weighted by molar-refractivity contribution is 8.16. The van der Waals surface area contributed by atoms with Crippen LogP contribution in [0, 0.1) is 5.92 Å². The van der Waals surface area contributed by atoms with Crippen molar-refractivity contribution in [2.24, 2.45) is 10.9 Å². The van der Waals surface area contributed by atoms with E-state index in [1.54, 1.807) is 0 Å². The molecule has 2 unspecified atom stereocenters. The summed E-state index contributed by atoms with van der Waals surface area (Å²) in [6, 6.07) is 8.09. The normalized spacial score (nSPS) is 27.8. The number of hydrogen-bond acceptors (Lipinski definition) is 4. The van der Waals surface area contributed by atoms with Crippen LogP contribution in [0.25, 0.3) is 0 Å². The summed E-state index contributed by atoms with van der Waals surface area (Å²) in [5, 5.41) is 0.620. The molecule has 1 aromatic carbocycles. The third-order valence-electron chi connectivity index (χ3n) is 6.37. The molecule has 0 bridgehead atoms. The first-order valence-corrected chi connectivity index (χ1v) is 13.4. The molecule has 0 N–H and O–H groups in total. The molecule has 0 radical (unpaired) electrons. The number of sulfone groups is 1. The second-order valence-electron chi connectivity index (χ2n) is 8.89. The highest BCUT2D eigenvalue weighted by Gasteiger charge is 2.49. The molecule has 4 rings (SSSR count). The van der Waals surface area contributed by atoms with Gasteiger partial charge in [-0.15, -0.1) is 0 Å². The number of aliphatic imine (C=N–C) groups is 1. The van der Waals surface area contributed by atoms with Gasteiger partial charge in [0.15, 0.2) is 15.0 Å². The molecule has 1 aromatic rings. The molecule has 0 spiro atoms. The Morgan fingerprint density at radius 3 is 2.52 bits per heavy atom. The Morgan fingerprint density at radius 2 is 1.86 bits per heavy atom. The van der Waals surface area contributed by atoms with E-state index >= 15 is 0 Å². The van der Waals surface area contributed by atoms with E-state index in [1.807, 2.05) is 17.0 Å². The van der Waals surface area contributed by atoms with Gasteiger partial charge in [-0.2, -0.15) is 4.99 Å². The Hall–Kier alpha value is -1.34. The van der Waals surface area contributed by atoms with Crippen LogP contribution >= 0.6 is 11.8 Å². The van der Waals surface area contributed by atoms with E-state index in [2.05, 4.69) is 31.0 Å². The van der Waals surface area contributed by atoms with Crippen molar-refractivity contribution in [2.45, 2.75) is 69.6 Å². The number of carbonyl (C=O) groups excluding carboxylic acids is 1. The number of amidine groups is 1. The number of nitrogens with zero attached hydrogens (tertiary/aromatic N) is 2. The molecular formula is C22H30N2O3S2. The number of fused-ring (bicyclic) bond motifs is 1. The lowest BCUT2D eigenvalue weighted by Crippen LogP contribution is -2.37. The van der Waals surface area contributed by atoms with Gasteiger partial charge in [0.05, 0.1) is 17.5 Å². The van der Waals surface area contributed by atoms with E-state index in [4.69, 9.17) is 0 Å². The Kier molecular flexibility index (Phi) is 6.07. The lowest BCUT2D eigenvalue weighted by molar-refractivity contribution is -0.118. The van der Waals surface area contributed by atoms with Crippen LogP contribution in [-0.4, -0.2) is 42.3 Å². The van der Waals surface area contributed by atoms with Crippen molar-refractivity contribution in [1.29, 1.82) is 0 Å². The zero-order valence-electron chi connectivity index (χ0n) is 17.2. The second-order valence-corrected chi connectivity index (χ2v) is 12.3. The molecule has 29 heavy (non-hydrogen) atoms. The van der Waals surface area contributed by atoms with Gasteiger partial charge in [0.25, 0.3) is 0 Å². The molecule has 5 nitrogen and oxygen atoms in total. The van der Waals surface area contributed by atoms with E-state index in [0.29, 0.717) is 23.4 Å². The maximum atomic E-state index is 12.6. The summed E-state index contributed by atoms with van der Waals surface area (Å²) in [6.07, 6.45) is 6.43. The smallest absolute Gasteiger partial charge is 0.248 e. The van der Waals surface area contributed by atoms with Crippen LogP contribution in [0.5, 0.6) is 0 Å². The minimum absolute atomic E-state index is 0.0499. The van der Waals surface area contributed by atoms with Gasteiger partial charge in [-0.1, -0.05) is 63.4 Å². The van der Waals surface area contributed by atoms with Crippen LogP contribution < -0.4 is 4.90 Å². The van der Waals surface area contributed by atoms with Crippen molar-refractivity contribution in [2.75, 3.05) is 16.4 Å². The second kappa shape index (κ2) is 8.42. The van der Waals surface area contributed by atoms with Gasteiger partial charge < -0.3 is 4.90 Å². The molecular weight excluding hydrogens is 404 g/mol. The van der Waals surface area contributed by atoms with Crippen molar-refractivity contribution in [3.63, 3.8) is 0 Å². The average molecular weight is 435 g/mol. The fraction of sp³-hybridized carbons (Fsp3) is 0.636. The highest BCUT2D eigenvalue weighted by atomic mass is 32.2. The standard InChI is InChI=1S/C22H30N2O3S2/c1-15(2)17-8-10-18(11-9-17)24-19-13-29(26,27)14-20(19)28-22(24)23-21(25)12-7-16-5-3-4-6-16/h8-11,15-16,19-20H,3-7,12-14H2,1-2H3. The van der Waals surface area contributed by atoms with E-state index in [1.165, 1.54) is 43.0 Å². The third-order valence-corrected chi connectivity index (χ3v) is 9.58. The maximum absolute atomic E-state index is 12.6. The van der Waals surface area contributed by atoms with Gasteiger partial charge in [0.2, 0.25) is 5.91 Å². The number of thioether (sulfide) groups is 1. The third kappa shape index (κ3) is 4.71. The first-order chi connectivity index (χ1) is 13.8. The summed E-state index contributed by atoms with van der Waals surface area (Å²) in [5.74, 6) is 1.32. The zero-order valence-corrected chi connectivity index (χ0v) is 18.8. The quantitative estimate of drug-likeness (QED) is 0.688. The zero-order chi connectivity index (χ0) is 20.6. The molecule has 7 heteroatoms. The first kappa shape index (κ1) is 20.9. The maximum Gasteiger partial charge on any atom is 0.248 e. The topological polar surface area (TPSA) is 66.8 Å². The molecule has 2 saturated heterocycles. The van der Waals surface area contributed by atoms with E-state index < -0.39 is 9.84 Å². The number of benzene rings is 1. The van der Waals surface area contributed by atoms with Crippen molar-refractivity contribution < 1.29 is 13.2 Å². The van der Waals surface area contributed by atoms with Gasteiger partial charge in [-0.05, 0) is 36.0 Å². The van der Waals surface area contributed by atoms with Crippen LogP contribution in [0.4, 0.5) is 5.69 Å². The van der Waals surface area contributed by atoms with Crippen molar-refractivity contribution in [1.82, 2.24) is 0 Å². The predicted molar refractivity (Wildman–Crippen MR) is 120 cm³/mol. The SMILES string of the molecule is CC(C)c1ccc(N2C(=NC(=O)CCC3CCCC3)SC3CS(=O)(=O)CC32)cc1. The van der Waals surface area contributed by atoms with Crippen molar-refractivity contribution >= 4 is 38.4 Å². The lowest BCUT2D eigenvalue weighted by atomic mass is 10.0. The first-order valence-electron chi connectivity index (χ1n) is 10.7. The lowest BCUT2D eigenvalue weighted by Gasteiger charge is -2.25. The Balaban J connectivity index is 1.55. The van der Waals surface area contributed by atoms with Crippen LogP contribution in [0.3, 0.4) is 0 Å². The molecule has 3 aliphatic rings. The minimum Gasteiger partial charge on any atom is -0.316 e. The molecule has 3 fully saturated rings. The monoisotopic (exact) mass is 434 g/mol. The molecule has 1 amide bonds. The Bertz CT molecular complexity index is 887. The Labute approximate surface area is 178 Å². The molecule has 1 saturated carbocycles. The fourth-order valence-electron chi connectivity index (χ4n) is 4.68. The Morgan fingerprint density at radius 1 is 1.17 bits per heavy atom. The van der Waals surface area contributed by atoms with Crippen LogP contribution in [0.2, 0.25) is 0 Å². The summed E-state index contributed by atoms with van der Waals surface area (Å²) in [6.45, 7) is 4.30. The van der Waals surface area contributed by atoms with Crippen molar-refractivity contribution in [3.05, 3.63) is 29.8 Å². The average Bonchev–Trinajstić information content (AvgIpc) is 3.34. The molecule has 1 aliphatic carbocycles. The van der Waals surface area contributed by atoms with Gasteiger partial charge in [0.1, 0.15) is 0 Å². The van der Waals surface area contributed by atoms with Gasteiger partial charge >= 0.3 is 0 Å². The largest absolute Gasteiger partial charge is 0.316 e. The van der Waals surface area contributed by atoms with Gasteiger partial charge in [-0.25, -0.2) is 8.42 Å². The highest BCUT2D eigenvalue weighted by Crippen LogP contribution is 2.41. The molecule has 2 aliphatic heterocycles. The number of anilines is 1. The molecule has 2 atom stereocenters. The van der Waals surface area contributed by atoms with Gasteiger partial charge in [-0.3, -0.25) is 4.79 Å². The fourth-order valence-corrected chi connectivity index (χ4v) is 8.61. The van der Waals surface area contributed by atoms with Crippen molar-refractivity contribution in [3.8, 4) is 0 Å². The number of amides is 1. The number of hydrogen-bond donors (Lipinski definition) is 0. The minimum atomic E-state index is -3.04. The molecule has 2 heterocycles. The predicted octanol–water partition coefficient (Wildman–Crippen LogP) is 4.38. The summed E-state index contributed by atoms with van der Waals surface area (Å²) >= 11 is 1.46. The number of carbonyl (C=O) groups is 1. The van der Waals surface area contributed by atoms with Crippen LogP contribution in [-0.2, 0) is 14.6 Å². The van der Waals surface area contributed by atoms with Crippen LogP contribution in [0.1, 0.15) is 63.9 Å². The summed E-state index contributed by atoms with van der Waals surface area (Å²) in [4.78, 5) is 19.0. The van der Waals surface area contributed by atoms with E-state index in [9.17, 15) is 13.2 Å². The number of rotatable bonds is 5. The van der Waals surface area contributed by atoms with E-state index in [0.717, 1.165) is 12.1 Å². The van der Waals surface area contributed by atoms with Gasteiger partial charge in [0, 0.05) is 17.4 Å². The summed E-state index contributed by atoms with van der Waals surface area (Å²) in [5.41, 5.74) is 2.16. The molecule has 158 valence electrons. The summed E-state index contributed by atoms with van der Waals surface area (Å²) in [7, 11) is -3.04.